The molecule has 102 valence electrons. The predicted octanol–water partition coefficient (Wildman–Crippen LogP) is 4.21. The largest absolute Gasteiger partial charge is 0.473 e. The molecule has 1 fully saturated rings. The number of fused-ring (bicyclic) bond motifs is 1. The van der Waals surface area contributed by atoms with Gasteiger partial charge in [0.25, 0.3) is 0 Å². The van der Waals surface area contributed by atoms with Crippen LogP contribution in [0.1, 0.15) is 44.1 Å². The van der Waals surface area contributed by atoms with Crippen LogP contribution < -0.4 is 4.74 Å². The molecular formula is C17H18N2O. The number of pyridine rings is 1. The van der Waals surface area contributed by atoms with Crippen molar-refractivity contribution in [3.05, 3.63) is 35.9 Å². The number of para-hydroxylation sites is 1. The summed E-state index contributed by atoms with van der Waals surface area (Å²) in [5, 5.41) is 10.3. The standard InChI is InChI=1S/C17H18N2O/c18-12-14-11-13-7-5-6-10-16(13)19-17(14)20-15-8-3-1-2-4-9-15/h5-7,10-11,15H,1-4,8-9H2. The van der Waals surface area contributed by atoms with Crippen LogP contribution in [-0.4, -0.2) is 11.1 Å². The van der Waals surface area contributed by atoms with E-state index < -0.39 is 0 Å². The van der Waals surface area contributed by atoms with Crippen LogP contribution in [0.15, 0.2) is 30.3 Å². The Bertz CT molecular complexity index is 637. The summed E-state index contributed by atoms with van der Waals surface area (Å²) in [6, 6.07) is 11.9. The van der Waals surface area contributed by atoms with Gasteiger partial charge in [0.05, 0.1) is 5.52 Å². The van der Waals surface area contributed by atoms with E-state index in [1.807, 2.05) is 30.3 Å². The molecule has 0 aliphatic heterocycles. The fraction of sp³-hybridized carbons (Fsp3) is 0.412. The van der Waals surface area contributed by atoms with E-state index >= 15 is 0 Å². The van der Waals surface area contributed by atoms with Gasteiger partial charge in [-0.3, -0.25) is 0 Å². The van der Waals surface area contributed by atoms with Gasteiger partial charge in [0.15, 0.2) is 0 Å². The third-order valence-electron chi connectivity index (χ3n) is 3.89. The average Bonchev–Trinajstić information content (AvgIpc) is 2.75. The first-order chi connectivity index (χ1) is 9.86. The third kappa shape index (κ3) is 2.75. The van der Waals surface area contributed by atoms with Crippen LogP contribution >= 0.6 is 0 Å². The van der Waals surface area contributed by atoms with Gasteiger partial charge in [0.1, 0.15) is 17.7 Å². The molecule has 0 bridgehead atoms. The molecule has 1 aromatic carbocycles. The van der Waals surface area contributed by atoms with Gasteiger partial charge in [-0.2, -0.15) is 5.26 Å². The molecular weight excluding hydrogens is 248 g/mol. The summed E-state index contributed by atoms with van der Waals surface area (Å²) in [7, 11) is 0. The first-order valence-electron chi connectivity index (χ1n) is 7.33. The zero-order valence-corrected chi connectivity index (χ0v) is 11.5. The average molecular weight is 266 g/mol. The molecule has 3 heteroatoms. The van der Waals surface area contributed by atoms with Crippen molar-refractivity contribution in [3.8, 4) is 11.9 Å². The second-order valence-electron chi connectivity index (χ2n) is 5.38. The second-order valence-corrected chi connectivity index (χ2v) is 5.38. The second kappa shape index (κ2) is 5.92. The summed E-state index contributed by atoms with van der Waals surface area (Å²) in [5.74, 6) is 0.498. The minimum Gasteiger partial charge on any atom is -0.473 e. The SMILES string of the molecule is N#Cc1cc2ccccc2nc1OC1CCCCCC1. The van der Waals surface area contributed by atoms with E-state index in [1.165, 1.54) is 25.7 Å². The third-order valence-corrected chi connectivity index (χ3v) is 3.89. The van der Waals surface area contributed by atoms with Crippen molar-refractivity contribution in [1.29, 1.82) is 5.26 Å². The van der Waals surface area contributed by atoms with Crippen molar-refractivity contribution >= 4 is 10.9 Å². The lowest BCUT2D eigenvalue weighted by atomic mass is 10.1. The number of nitrogens with zero attached hydrogens (tertiary/aromatic N) is 2. The Hall–Kier alpha value is -2.08. The van der Waals surface area contributed by atoms with Crippen molar-refractivity contribution in [1.82, 2.24) is 4.98 Å². The lowest BCUT2D eigenvalue weighted by Crippen LogP contribution is -2.16. The maximum atomic E-state index is 9.29. The number of hydrogen-bond acceptors (Lipinski definition) is 3. The minimum absolute atomic E-state index is 0.207. The van der Waals surface area contributed by atoms with Crippen LogP contribution in [0.2, 0.25) is 0 Å². The summed E-state index contributed by atoms with van der Waals surface area (Å²) in [5.41, 5.74) is 1.42. The molecule has 1 aromatic heterocycles. The fourth-order valence-corrected chi connectivity index (χ4v) is 2.79. The fourth-order valence-electron chi connectivity index (χ4n) is 2.79. The van der Waals surface area contributed by atoms with Gasteiger partial charge in [-0.1, -0.05) is 31.0 Å². The highest BCUT2D eigenvalue weighted by Gasteiger charge is 2.17. The number of nitriles is 1. The quantitative estimate of drug-likeness (QED) is 0.765. The molecule has 1 saturated carbocycles. The Morgan fingerprint density at radius 2 is 1.85 bits per heavy atom. The molecule has 0 radical (unpaired) electrons. The molecule has 0 amide bonds. The Morgan fingerprint density at radius 1 is 1.10 bits per heavy atom. The van der Waals surface area contributed by atoms with Crippen molar-refractivity contribution < 1.29 is 4.74 Å². The van der Waals surface area contributed by atoms with E-state index in [9.17, 15) is 5.26 Å². The molecule has 3 nitrogen and oxygen atoms in total. The van der Waals surface area contributed by atoms with Crippen LogP contribution in [0.4, 0.5) is 0 Å². The minimum atomic E-state index is 0.207. The summed E-state index contributed by atoms with van der Waals surface area (Å²) in [4.78, 5) is 4.53. The summed E-state index contributed by atoms with van der Waals surface area (Å²) in [6.07, 6.45) is 7.34. The predicted molar refractivity (Wildman–Crippen MR) is 78.6 cm³/mol. The molecule has 1 heterocycles. The number of hydrogen-bond donors (Lipinski definition) is 0. The van der Waals surface area contributed by atoms with Gasteiger partial charge in [-0.05, 0) is 37.8 Å². The van der Waals surface area contributed by atoms with Crippen molar-refractivity contribution in [2.45, 2.75) is 44.6 Å². The highest BCUT2D eigenvalue weighted by molar-refractivity contribution is 5.80. The normalized spacial score (nSPS) is 16.6. The molecule has 2 aromatic rings. The summed E-state index contributed by atoms with van der Waals surface area (Å²) >= 11 is 0. The molecule has 0 saturated heterocycles. The Balaban J connectivity index is 1.91. The number of benzene rings is 1. The monoisotopic (exact) mass is 266 g/mol. The van der Waals surface area contributed by atoms with E-state index in [2.05, 4.69) is 11.1 Å². The lowest BCUT2D eigenvalue weighted by Gasteiger charge is -2.17. The molecule has 0 spiro atoms. The summed E-state index contributed by atoms with van der Waals surface area (Å²) in [6.45, 7) is 0. The first-order valence-corrected chi connectivity index (χ1v) is 7.33. The van der Waals surface area contributed by atoms with Crippen molar-refractivity contribution in [3.63, 3.8) is 0 Å². The van der Waals surface area contributed by atoms with Gasteiger partial charge >= 0.3 is 0 Å². The van der Waals surface area contributed by atoms with Gasteiger partial charge in [0.2, 0.25) is 5.88 Å². The number of ether oxygens (including phenoxy) is 1. The first kappa shape index (κ1) is 12.9. The lowest BCUT2D eigenvalue weighted by molar-refractivity contribution is 0.176. The van der Waals surface area contributed by atoms with E-state index in [1.54, 1.807) is 0 Å². The zero-order valence-electron chi connectivity index (χ0n) is 11.5. The zero-order chi connectivity index (χ0) is 13.8. The van der Waals surface area contributed by atoms with Crippen molar-refractivity contribution in [2.24, 2.45) is 0 Å². The highest BCUT2D eigenvalue weighted by atomic mass is 16.5. The molecule has 1 aliphatic carbocycles. The van der Waals surface area contributed by atoms with Crippen molar-refractivity contribution in [2.75, 3.05) is 0 Å². The van der Waals surface area contributed by atoms with Gasteiger partial charge in [-0.15, -0.1) is 0 Å². The van der Waals surface area contributed by atoms with E-state index in [0.29, 0.717) is 11.4 Å². The molecule has 0 atom stereocenters. The van der Waals surface area contributed by atoms with Gasteiger partial charge in [0, 0.05) is 5.39 Å². The van der Waals surface area contributed by atoms with Crippen LogP contribution in [0.25, 0.3) is 10.9 Å². The Labute approximate surface area is 119 Å². The van der Waals surface area contributed by atoms with Crippen LogP contribution in [0.3, 0.4) is 0 Å². The maximum absolute atomic E-state index is 9.29. The van der Waals surface area contributed by atoms with E-state index in [0.717, 1.165) is 23.7 Å². The number of rotatable bonds is 2. The van der Waals surface area contributed by atoms with Gasteiger partial charge < -0.3 is 4.74 Å². The molecule has 0 N–H and O–H groups in total. The number of aromatic nitrogens is 1. The van der Waals surface area contributed by atoms with E-state index in [-0.39, 0.29) is 6.10 Å². The summed E-state index contributed by atoms with van der Waals surface area (Å²) < 4.78 is 6.03. The Morgan fingerprint density at radius 3 is 2.60 bits per heavy atom. The van der Waals surface area contributed by atoms with Crippen LogP contribution in [-0.2, 0) is 0 Å². The molecule has 3 rings (SSSR count). The van der Waals surface area contributed by atoms with Crippen LogP contribution in [0.5, 0.6) is 5.88 Å². The smallest absolute Gasteiger partial charge is 0.232 e. The highest BCUT2D eigenvalue weighted by Crippen LogP contribution is 2.26. The molecule has 0 unspecified atom stereocenters. The van der Waals surface area contributed by atoms with Crippen LogP contribution in [0, 0.1) is 11.3 Å². The Kier molecular flexibility index (Phi) is 3.83. The molecule has 1 aliphatic rings. The van der Waals surface area contributed by atoms with Gasteiger partial charge in [-0.25, -0.2) is 4.98 Å². The van der Waals surface area contributed by atoms with E-state index in [4.69, 9.17) is 4.74 Å². The topological polar surface area (TPSA) is 45.9 Å². The molecule has 20 heavy (non-hydrogen) atoms. The maximum Gasteiger partial charge on any atom is 0.232 e.